The Morgan fingerprint density at radius 1 is 0.722 bits per heavy atom. The van der Waals surface area contributed by atoms with Gasteiger partial charge in [0.15, 0.2) is 0 Å². The van der Waals surface area contributed by atoms with E-state index in [-0.39, 0.29) is 22.7 Å². The summed E-state index contributed by atoms with van der Waals surface area (Å²) >= 11 is 0. The molecule has 10 atom stereocenters. The van der Waals surface area contributed by atoms with Gasteiger partial charge in [-0.15, -0.1) is 0 Å². The number of rotatable bonds is 2. The first-order valence-electron chi connectivity index (χ1n) is 14.9. The van der Waals surface area contributed by atoms with Gasteiger partial charge in [-0.2, -0.15) is 0 Å². The van der Waals surface area contributed by atoms with Crippen molar-refractivity contribution in [3.63, 3.8) is 0 Å². The fourth-order valence-electron chi connectivity index (χ4n) is 11.7. The highest BCUT2D eigenvalue weighted by Gasteiger charge is 2.71. The average molecular weight is 501 g/mol. The predicted molar refractivity (Wildman–Crippen MR) is 142 cm³/mol. The summed E-state index contributed by atoms with van der Waals surface area (Å²) in [5, 5.41) is 10.5. The summed E-state index contributed by atoms with van der Waals surface area (Å²) < 4.78 is 5.70. The van der Waals surface area contributed by atoms with Crippen LogP contribution in [0, 0.1) is 56.2 Å². The molecule has 0 aliphatic heterocycles. The molecule has 1 N–H and O–H groups in total. The highest BCUT2D eigenvalue weighted by molar-refractivity contribution is 5.77. The van der Waals surface area contributed by atoms with E-state index < -0.39 is 17.5 Å². The Bertz CT molecular complexity index is 940. The number of carboxylic acid groups (broad SMARTS) is 1. The van der Waals surface area contributed by atoms with Crippen LogP contribution in [0.3, 0.4) is 0 Å². The van der Waals surface area contributed by atoms with Gasteiger partial charge in [0.05, 0.1) is 0 Å². The molecule has 5 aliphatic carbocycles. The molecule has 4 nitrogen and oxygen atoms in total. The van der Waals surface area contributed by atoms with Crippen molar-refractivity contribution >= 4 is 11.9 Å². The summed E-state index contributed by atoms with van der Waals surface area (Å²) in [6, 6.07) is 0. The first-order valence-corrected chi connectivity index (χ1v) is 14.9. The molecule has 0 spiro atoms. The Morgan fingerprint density at radius 3 is 2.03 bits per heavy atom. The minimum absolute atomic E-state index is 0.0304. The van der Waals surface area contributed by atoms with E-state index in [9.17, 15) is 14.7 Å². The number of hydrogen-bond donors (Lipinski definition) is 1. The molecule has 0 aromatic rings. The lowest BCUT2D eigenvalue weighted by atomic mass is 9.31. The lowest BCUT2D eigenvalue weighted by Crippen LogP contribution is -2.68. The van der Waals surface area contributed by atoms with E-state index in [0.717, 1.165) is 31.1 Å². The van der Waals surface area contributed by atoms with Crippen LogP contribution in [0.1, 0.15) is 126 Å². The molecule has 4 unspecified atom stereocenters. The van der Waals surface area contributed by atoms with Crippen LogP contribution in [0.5, 0.6) is 0 Å². The van der Waals surface area contributed by atoms with Crippen molar-refractivity contribution < 1.29 is 19.4 Å². The van der Waals surface area contributed by atoms with Crippen molar-refractivity contribution in [2.24, 2.45) is 56.2 Å². The number of esters is 1. The number of hydrogen-bond acceptors (Lipinski definition) is 3. The van der Waals surface area contributed by atoms with E-state index in [1.165, 1.54) is 51.9 Å². The van der Waals surface area contributed by atoms with Crippen LogP contribution in [0.4, 0.5) is 0 Å². The predicted octanol–water partition coefficient (Wildman–Crippen LogP) is 7.88. The number of fused-ring (bicyclic) bond motifs is 7. The van der Waals surface area contributed by atoms with Gasteiger partial charge in [-0.3, -0.25) is 9.59 Å². The maximum Gasteiger partial charge on any atom is 0.313 e. The molecule has 5 rings (SSSR count). The minimum atomic E-state index is -1.02. The third-order valence-electron chi connectivity index (χ3n) is 14.1. The Morgan fingerprint density at radius 2 is 1.39 bits per heavy atom. The molecule has 0 radical (unpaired) electrons. The number of carboxylic acids is 1. The summed E-state index contributed by atoms with van der Waals surface area (Å²) in [4.78, 5) is 24.8. The van der Waals surface area contributed by atoms with Gasteiger partial charge in [-0.25, -0.2) is 0 Å². The van der Waals surface area contributed by atoms with Crippen LogP contribution < -0.4 is 0 Å². The summed E-state index contributed by atoms with van der Waals surface area (Å²) in [6.45, 7) is 18.6. The van der Waals surface area contributed by atoms with Crippen LogP contribution in [0.25, 0.3) is 0 Å². The summed E-state index contributed by atoms with van der Waals surface area (Å²) in [6.07, 6.45) is 12.4. The zero-order valence-electron chi connectivity index (χ0n) is 24.3. The molecule has 0 aromatic carbocycles. The molecule has 0 saturated heterocycles. The first kappa shape index (κ1) is 26.5. The third kappa shape index (κ3) is 3.36. The second kappa shape index (κ2) is 7.98. The van der Waals surface area contributed by atoms with Gasteiger partial charge < -0.3 is 9.84 Å². The van der Waals surface area contributed by atoms with Crippen molar-refractivity contribution in [1.29, 1.82) is 0 Å². The third-order valence-corrected chi connectivity index (χ3v) is 14.1. The van der Waals surface area contributed by atoms with E-state index in [1.807, 2.05) is 6.92 Å². The van der Waals surface area contributed by atoms with Crippen molar-refractivity contribution in [1.82, 2.24) is 0 Å². The standard InChI is InChI=1S/C32H52O4/c1-20(33)36-25-12-13-29(5)23-10-9-21-22-19-27(2,3)15-16-28(22,4)17-18-30(21,6)31(23,7)14-11-24(29)32(25,8)26(34)35/h21-25H,9-19H2,1-8H3,(H,34,35)/t21?,22?,23?,24?,25-,28-,29-,30-,31-,32-/m1/s1. The quantitative estimate of drug-likeness (QED) is 0.392. The number of aliphatic carboxylic acids is 1. The molecule has 5 fully saturated rings. The second-order valence-electron chi connectivity index (χ2n) is 16.0. The average Bonchev–Trinajstić information content (AvgIpc) is 2.77. The van der Waals surface area contributed by atoms with Gasteiger partial charge in [-0.1, -0.05) is 41.5 Å². The summed E-state index contributed by atoms with van der Waals surface area (Å²) in [5.74, 6) is 1.02. The summed E-state index contributed by atoms with van der Waals surface area (Å²) in [7, 11) is 0. The van der Waals surface area contributed by atoms with Gasteiger partial charge in [0, 0.05) is 6.92 Å². The first-order chi connectivity index (χ1) is 16.5. The van der Waals surface area contributed by atoms with Gasteiger partial charge >= 0.3 is 11.9 Å². The highest BCUT2D eigenvalue weighted by Crippen LogP contribution is 2.77. The molecule has 4 heteroatoms. The van der Waals surface area contributed by atoms with Crippen molar-refractivity contribution in [3.8, 4) is 0 Å². The molecular weight excluding hydrogens is 448 g/mol. The molecular formula is C32H52O4. The number of carbonyl (C=O) groups is 2. The summed E-state index contributed by atoms with van der Waals surface area (Å²) in [5.41, 5.74) is 0.440. The Labute approximate surface area is 219 Å². The van der Waals surface area contributed by atoms with Crippen molar-refractivity contribution in [2.45, 2.75) is 132 Å². The van der Waals surface area contributed by atoms with Gasteiger partial charge in [-0.05, 0) is 128 Å². The topological polar surface area (TPSA) is 63.6 Å². The molecule has 36 heavy (non-hydrogen) atoms. The molecule has 5 aliphatic rings. The Balaban J connectivity index is 1.51. The normalized spacial score (nSPS) is 53.7. The molecule has 5 saturated carbocycles. The number of ether oxygens (including phenoxy) is 1. The highest BCUT2D eigenvalue weighted by atomic mass is 16.5. The van der Waals surface area contributed by atoms with E-state index >= 15 is 0 Å². The van der Waals surface area contributed by atoms with E-state index in [4.69, 9.17) is 4.74 Å². The zero-order chi connectivity index (χ0) is 26.5. The monoisotopic (exact) mass is 500 g/mol. The zero-order valence-corrected chi connectivity index (χ0v) is 24.3. The smallest absolute Gasteiger partial charge is 0.313 e. The fourth-order valence-corrected chi connectivity index (χ4v) is 11.7. The van der Waals surface area contributed by atoms with Crippen molar-refractivity contribution in [3.05, 3.63) is 0 Å². The van der Waals surface area contributed by atoms with Crippen LogP contribution in [0.15, 0.2) is 0 Å². The largest absolute Gasteiger partial charge is 0.481 e. The molecule has 0 bridgehead atoms. The van der Waals surface area contributed by atoms with Gasteiger partial charge in [0.2, 0.25) is 0 Å². The lowest BCUT2D eigenvalue weighted by molar-refractivity contribution is -0.257. The second-order valence-corrected chi connectivity index (χ2v) is 16.0. The Hall–Kier alpha value is -1.06. The van der Waals surface area contributed by atoms with Crippen LogP contribution in [-0.4, -0.2) is 23.1 Å². The SMILES string of the molecule is CC(=O)O[C@@H]1CC[C@@]2(C)C(CC[C@]3(C)C2CCC2C4CC(C)(C)CC[C@]4(C)CC[C@]23C)[C@@]1(C)C(=O)O. The van der Waals surface area contributed by atoms with Gasteiger partial charge in [0.25, 0.3) is 0 Å². The van der Waals surface area contributed by atoms with Crippen LogP contribution in [-0.2, 0) is 14.3 Å². The van der Waals surface area contributed by atoms with Crippen molar-refractivity contribution in [2.75, 3.05) is 0 Å². The molecule has 0 heterocycles. The van der Waals surface area contributed by atoms with Crippen LogP contribution >= 0.6 is 0 Å². The van der Waals surface area contributed by atoms with Gasteiger partial charge in [0.1, 0.15) is 11.5 Å². The molecule has 0 aromatic heterocycles. The minimum Gasteiger partial charge on any atom is -0.481 e. The molecule has 0 amide bonds. The van der Waals surface area contributed by atoms with E-state index in [1.54, 1.807) is 0 Å². The maximum atomic E-state index is 12.9. The van der Waals surface area contributed by atoms with Crippen LogP contribution in [0.2, 0.25) is 0 Å². The molecule has 204 valence electrons. The van der Waals surface area contributed by atoms with E-state index in [2.05, 4.69) is 41.5 Å². The maximum absolute atomic E-state index is 12.9. The Kier molecular flexibility index (Phi) is 5.88. The lowest BCUT2D eigenvalue weighted by Gasteiger charge is -2.73. The number of carbonyl (C=O) groups excluding carboxylic acids is 1. The van der Waals surface area contributed by atoms with E-state index in [0.29, 0.717) is 28.6 Å². The fraction of sp³-hybridized carbons (Fsp3) is 0.938.